The molecule has 1 N–H and O–H groups in total. The lowest BCUT2D eigenvalue weighted by molar-refractivity contribution is 0.238. The first kappa shape index (κ1) is 17.4. The zero-order valence-electron chi connectivity index (χ0n) is 15.6. The highest BCUT2D eigenvalue weighted by molar-refractivity contribution is 6.11. The van der Waals surface area contributed by atoms with Gasteiger partial charge in [-0.3, -0.25) is 0 Å². The van der Waals surface area contributed by atoms with E-state index in [1.54, 1.807) is 21.3 Å². The van der Waals surface area contributed by atoms with Gasteiger partial charge in [-0.2, -0.15) is 4.99 Å². The Kier molecular flexibility index (Phi) is 4.48. The molecule has 1 aliphatic carbocycles. The Morgan fingerprint density at radius 2 is 1.78 bits per heavy atom. The first-order chi connectivity index (χ1) is 13.2. The molecule has 2 aliphatic rings. The molecule has 27 heavy (non-hydrogen) atoms. The highest BCUT2D eigenvalue weighted by Gasteiger charge is 2.39. The van der Waals surface area contributed by atoms with Crippen LogP contribution >= 0.6 is 0 Å². The van der Waals surface area contributed by atoms with Crippen molar-refractivity contribution < 1.29 is 19.0 Å². The number of amides is 2. The fourth-order valence-electron chi connectivity index (χ4n) is 4.14. The summed E-state index contributed by atoms with van der Waals surface area (Å²) >= 11 is 0. The molecule has 2 atom stereocenters. The van der Waals surface area contributed by atoms with Crippen molar-refractivity contribution in [2.24, 2.45) is 10.9 Å². The van der Waals surface area contributed by atoms with Crippen LogP contribution in [0.1, 0.15) is 29.2 Å². The summed E-state index contributed by atoms with van der Waals surface area (Å²) in [4.78, 5) is 16.7. The number of ether oxygens (including phenoxy) is 3. The van der Waals surface area contributed by atoms with E-state index in [1.807, 2.05) is 30.3 Å². The van der Waals surface area contributed by atoms with Gasteiger partial charge >= 0.3 is 6.03 Å². The van der Waals surface area contributed by atoms with Crippen LogP contribution in [0, 0.1) is 5.92 Å². The van der Waals surface area contributed by atoms with Crippen LogP contribution < -0.4 is 19.5 Å². The zero-order chi connectivity index (χ0) is 19.0. The Morgan fingerprint density at radius 1 is 1.00 bits per heavy atom. The van der Waals surface area contributed by atoms with Crippen molar-refractivity contribution in [2.45, 2.75) is 18.9 Å². The van der Waals surface area contributed by atoms with E-state index in [-0.39, 0.29) is 18.0 Å². The number of hydrogen-bond donors (Lipinski definition) is 1. The number of hydrogen-bond acceptors (Lipinski definition) is 4. The third kappa shape index (κ3) is 2.81. The van der Waals surface area contributed by atoms with E-state index < -0.39 is 0 Å². The number of rotatable bonds is 4. The first-order valence-electron chi connectivity index (χ1n) is 8.94. The molecule has 1 aliphatic heterocycles. The second kappa shape index (κ2) is 6.95. The highest BCUT2D eigenvalue weighted by atomic mass is 16.5. The predicted octanol–water partition coefficient (Wildman–Crippen LogP) is 3.53. The van der Waals surface area contributed by atoms with Gasteiger partial charge in [0.25, 0.3) is 0 Å². The quantitative estimate of drug-likeness (QED) is 0.899. The van der Waals surface area contributed by atoms with Crippen molar-refractivity contribution in [3.8, 4) is 17.2 Å². The molecular weight excluding hydrogens is 344 g/mol. The Morgan fingerprint density at radius 3 is 2.52 bits per heavy atom. The summed E-state index contributed by atoms with van der Waals surface area (Å²) in [5.74, 6) is 1.75. The summed E-state index contributed by atoms with van der Waals surface area (Å²) in [6, 6.07) is 11.3. The molecule has 2 aromatic rings. The van der Waals surface area contributed by atoms with Gasteiger partial charge in [-0.15, -0.1) is 0 Å². The van der Waals surface area contributed by atoms with Crippen LogP contribution in [0.25, 0.3) is 0 Å². The Hall–Kier alpha value is -3.02. The van der Waals surface area contributed by atoms with E-state index in [9.17, 15) is 4.79 Å². The van der Waals surface area contributed by atoms with Crippen molar-refractivity contribution in [1.29, 1.82) is 0 Å². The summed E-state index contributed by atoms with van der Waals surface area (Å²) in [6.07, 6.45) is 1.85. The maximum Gasteiger partial charge on any atom is 0.341 e. The van der Waals surface area contributed by atoms with Gasteiger partial charge in [-0.1, -0.05) is 24.3 Å². The molecule has 0 fully saturated rings. The molecule has 2 unspecified atom stereocenters. The van der Waals surface area contributed by atoms with Gasteiger partial charge in [-0.05, 0) is 36.1 Å². The first-order valence-corrected chi connectivity index (χ1v) is 8.94. The molecule has 140 valence electrons. The minimum Gasteiger partial charge on any atom is -0.493 e. The number of carbonyl (C=O) groups is 1. The van der Waals surface area contributed by atoms with Gasteiger partial charge in [0, 0.05) is 11.5 Å². The molecule has 0 saturated heterocycles. The molecule has 0 spiro atoms. The van der Waals surface area contributed by atoms with E-state index in [2.05, 4.69) is 16.4 Å². The number of nitrogens with one attached hydrogen (secondary N) is 1. The lowest BCUT2D eigenvalue weighted by Crippen LogP contribution is -2.43. The van der Waals surface area contributed by atoms with Gasteiger partial charge < -0.3 is 19.5 Å². The SMILES string of the molecule is COc1ccc(C2NC(=O)N=C3c4ccccc4CCC32)c(OC)c1OC. The van der Waals surface area contributed by atoms with E-state index in [4.69, 9.17) is 14.2 Å². The average molecular weight is 366 g/mol. The van der Waals surface area contributed by atoms with Gasteiger partial charge in [0.05, 0.1) is 33.1 Å². The van der Waals surface area contributed by atoms with E-state index in [1.165, 1.54) is 5.56 Å². The van der Waals surface area contributed by atoms with Crippen molar-refractivity contribution in [3.05, 3.63) is 53.1 Å². The number of fused-ring (bicyclic) bond motifs is 3. The summed E-state index contributed by atoms with van der Waals surface area (Å²) in [5, 5.41) is 3.02. The maximum atomic E-state index is 12.4. The minimum absolute atomic E-state index is 0.0737. The second-order valence-electron chi connectivity index (χ2n) is 6.65. The van der Waals surface area contributed by atoms with Gasteiger partial charge in [-0.25, -0.2) is 4.79 Å². The smallest absolute Gasteiger partial charge is 0.341 e. The lowest BCUT2D eigenvalue weighted by atomic mass is 9.75. The molecule has 1 heterocycles. The van der Waals surface area contributed by atoms with Crippen LogP contribution in [-0.4, -0.2) is 33.1 Å². The van der Waals surface area contributed by atoms with Crippen molar-refractivity contribution in [2.75, 3.05) is 21.3 Å². The molecule has 0 aromatic heterocycles. The van der Waals surface area contributed by atoms with Crippen LogP contribution in [-0.2, 0) is 6.42 Å². The molecular formula is C21H22N2O4. The Balaban J connectivity index is 1.83. The molecule has 4 rings (SSSR count). The van der Waals surface area contributed by atoms with Crippen LogP contribution in [0.2, 0.25) is 0 Å². The fourth-order valence-corrected chi connectivity index (χ4v) is 4.14. The molecule has 6 heteroatoms. The molecule has 0 saturated carbocycles. The second-order valence-corrected chi connectivity index (χ2v) is 6.65. The Labute approximate surface area is 158 Å². The van der Waals surface area contributed by atoms with Gasteiger partial charge in [0.2, 0.25) is 5.75 Å². The number of aliphatic imine (C=N–C) groups is 1. The zero-order valence-corrected chi connectivity index (χ0v) is 15.6. The predicted molar refractivity (Wildman–Crippen MR) is 102 cm³/mol. The maximum absolute atomic E-state index is 12.4. The normalized spacial score (nSPS) is 20.7. The molecule has 2 aromatic carbocycles. The summed E-state index contributed by atoms with van der Waals surface area (Å²) < 4.78 is 16.5. The summed E-state index contributed by atoms with van der Waals surface area (Å²) in [6.45, 7) is 0. The minimum atomic E-state index is -0.334. The molecule has 2 amide bonds. The molecule has 6 nitrogen and oxygen atoms in total. The van der Waals surface area contributed by atoms with Crippen LogP contribution in [0.4, 0.5) is 4.79 Å². The number of carbonyl (C=O) groups excluding carboxylic acids is 1. The van der Waals surface area contributed by atoms with E-state index in [0.717, 1.165) is 29.7 Å². The number of methoxy groups -OCH3 is 3. The third-order valence-electron chi connectivity index (χ3n) is 5.34. The van der Waals surface area contributed by atoms with Gasteiger partial charge in [0.15, 0.2) is 11.5 Å². The topological polar surface area (TPSA) is 69.2 Å². The van der Waals surface area contributed by atoms with Crippen molar-refractivity contribution in [1.82, 2.24) is 5.32 Å². The van der Waals surface area contributed by atoms with E-state index in [0.29, 0.717) is 17.2 Å². The van der Waals surface area contributed by atoms with Crippen LogP contribution in [0.15, 0.2) is 41.4 Å². The Bertz CT molecular complexity index is 922. The standard InChI is InChI=1S/C21H22N2O4/c1-25-16-11-10-15(19(26-2)20(16)27-3)18-14-9-8-12-6-4-5-7-13(12)17(14)22-21(24)23-18/h4-7,10-11,14,18H,8-9H2,1-3H3,(H,23,24). The van der Waals surface area contributed by atoms with Gasteiger partial charge in [0.1, 0.15) is 0 Å². The number of nitrogens with zero attached hydrogens (tertiary/aromatic N) is 1. The lowest BCUT2D eigenvalue weighted by Gasteiger charge is -2.37. The summed E-state index contributed by atoms with van der Waals surface area (Å²) in [7, 11) is 4.76. The third-order valence-corrected chi connectivity index (χ3v) is 5.34. The van der Waals surface area contributed by atoms with Crippen molar-refractivity contribution in [3.63, 3.8) is 0 Å². The van der Waals surface area contributed by atoms with E-state index >= 15 is 0 Å². The summed E-state index contributed by atoms with van der Waals surface area (Å²) in [5.41, 5.74) is 4.01. The fraction of sp³-hybridized carbons (Fsp3) is 0.333. The van der Waals surface area contributed by atoms with Crippen LogP contribution in [0.5, 0.6) is 17.2 Å². The molecule has 0 radical (unpaired) electrons. The molecule has 0 bridgehead atoms. The number of benzene rings is 2. The number of aryl methyl sites for hydroxylation is 1. The average Bonchev–Trinajstić information content (AvgIpc) is 2.71. The largest absolute Gasteiger partial charge is 0.493 e. The van der Waals surface area contributed by atoms with Crippen molar-refractivity contribution >= 4 is 11.7 Å². The number of urea groups is 1. The highest BCUT2D eigenvalue weighted by Crippen LogP contribution is 2.46. The monoisotopic (exact) mass is 366 g/mol. The van der Waals surface area contributed by atoms with Crippen LogP contribution in [0.3, 0.4) is 0 Å².